The van der Waals surface area contributed by atoms with E-state index in [0.29, 0.717) is 17.7 Å². The Balaban J connectivity index is 1.74. The van der Waals surface area contributed by atoms with Crippen molar-refractivity contribution in [2.24, 2.45) is 5.10 Å². The van der Waals surface area contributed by atoms with Crippen LogP contribution in [0.1, 0.15) is 42.0 Å². The van der Waals surface area contributed by atoms with E-state index in [1.807, 2.05) is 49.4 Å². The molecular formula is C23H20BrN3O4. The average molecular weight is 482 g/mol. The molecule has 0 saturated heterocycles. The Morgan fingerprint density at radius 2 is 1.90 bits per heavy atom. The zero-order valence-electron chi connectivity index (χ0n) is 16.8. The normalized spacial score (nSPS) is 15.9. The summed E-state index contributed by atoms with van der Waals surface area (Å²) in [6.45, 7) is 1.95. The van der Waals surface area contributed by atoms with E-state index < -0.39 is 17.9 Å². The summed E-state index contributed by atoms with van der Waals surface area (Å²) in [6.07, 6.45) is -0.118. The number of carboxylic acids is 1. The van der Waals surface area contributed by atoms with Crippen molar-refractivity contribution in [1.29, 1.82) is 0 Å². The summed E-state index contributed by atoms with van der Waals surface area (Å²) in [6, 6.07) is 14.5. The maximum Gasteiger partial charge on any atom is 0.303 e. The fraction of sp³-hybridized carbons (Fsp3) is 0.217. The van der Waals surface area contributed by atoms with E-state index in [1.54, 1.807) is 6.07 Å². The van der Waals surface area contributed by atoms with E-state index in [9.17, 15) is 14.4 Å². The number of aromatic amines is 1. The minimum Gasteiger partial charge on any atom is -0.481 e. The van der Waals surface area contributed by atoms with Crippen molar-refractivity contribution >= 4 is 44.4 Å². The number of rotatable bonds is 5. The third kappa shape index (κ3) is 4.44. The number of aryl methyl sites for hydroxylation is 1. The number of nitrogens with one attached hydrogen (secondary N) is 1. The van der Waals surface area contributed by atoms with Gasteiger partial charge in [-0.1, -0.05) is 40.2 Å². The Hall–Kier alpha value is -3.26. The number of carbonyl (C=O) groups is 2. The Morgan fingerprint density at radius 1 is 1.16 bits per heavy atom. The minimum atomic E-state index is -1.06. The summed E-state index contributed by atoms with van der Waals surface area (Å²) in [5.74, 6) is -1.48. The highest BCUT2D eigenvalue weighted by Crippen LogP contribution is 2.33. The number of hydrogen-bond donors (Lipinski definition) is 2. The molecule has 0 fully saturated rings. The molecule has 1 aliphatic heterocycles. The minimum absolute atomic E-state index is 0.187. The summed E-state index contributed by atoms with van der Waals surface area (Å²) in [5, 5.41) is 15.6. The van der Waals surface area contributed by atoms with Gasteiger partial charge >= 0.3 is 5.97 Å². The van der Waals surface area contributed by atoms with E-state index in [-0.39, 0.29) is 18.4 Å². The van der Waals surface area contributed by atoms with Crippen LogP contribution in [0.25, 0.3) is 10.9 Å². The number of aromatic nitrogens is 1. The third-order valence-corrected chi connectivity index (χ3v) is 5.81. The number of pyridine rings is 1. The van der Waals surface area contributed by atoms with Crippen LogP contribution in [0.5, 0.6) is 0 Å². The monoisotopic (exact) mass is 481 g/mol. The molecule has 158 valence electrons. The van der Waals surface area contributed by atoms with Crippen LogP contribution < -0.4 is 5.56 Å². The van der Waals surface area contributed by atoms with Gasteiger partial charge < -0.3 is 10.1 Å². The molecule has 0 unspecified atom stereocenters. The molecule has 1 aromatic heterocycles. The highest BCUT2D eigenvalue weighted by Gasteiger charge is 2.34. The van der Waals surface area contributed by atoms with Gasteiger partial charge in [-0.3, -0.25) is 14.4 Å². The maximum absolute atomic E-state index is 12.9. The number of hydrazone groups is 1. The van der Waals surface area contributed by atoms with Crippen LogP contribution in [-0.2, 0) is 9.59 Å². The molecule has 31 heavy (non-hydrogen) atoms. The lowest BCUT2D eigenvalue weighted by molar-refractivity contribution is -0.141. The summed E-state index contributed by atoms with van der Waals surface area (Å²) in [4.78, 5) is 39.6. The van der Waals surface area contributed by atoms with E-state index >= 15 is 0 Å². The van der Waals surface area contributed by atoms with Crippen molar-refractivity contribution in [2.45, 2.75) is 32.2 Å². The van der Waals surface area contributed by atoms with Gasteiger partial charge in [-0.15, -0.1) is 0 Å². The second-order valence-electron chi connectivity index (χ2n) is 7.55. The van der Waals surface area contributed by atoms with Crippen LogP contribution in [0.2, 0.25) is 0 Å². The SMILES string of the molecule is Cc1ccc2cc([C@H]3CC(c4ccc(Br)cc4)=NN3C(=O)CCC(=O)O)c(=O)[nH]c2c1. The van der Waals surface area contributed by atoms with E-state index in [2.05, 4.69) is 26.0 Å². The molecule has 2 aromatic carbocycles. The van der Waals surface area contributed by atoms with Crippen molar-refractivity contribution in [3.8, 4) is 0 Å². The fourth-order valence-electron chi connectivity index (χ4n) is 3.71. The molecular weight excluding hydrogens is 462 g/mol. The number of fused-ring (bicyclic) bond motifs is 1. The molecule has 7 nitrogen and oxygen atoms in total. The number of hydrogen-bond acceptors (Lipinski definition) is 4. The van der Waals surface area contributed by atoms with Gasteiger partial charge in [0.25, 0.3) is 5.56 Å². The van der Waals surface area contributed by atoms with Crippen LogP contribution in [0, 0.1) is 6.92 Å². The quantitative estimate of drug-likeness (QED) is 0.571. The molecule has 0 bridgehead atoms. The molecule has 0 spiro atoms. The first kappa shape index (κ1) is 21.0. The predicted molar refractivity (Wildman–Crippen MR) is 121 cm³/mol. The van der Waals surface area contributed by atoms with E-state index in [0.717, 1.165) is 26.5 Å². The van der Waals surface area contributed by atoms with Crippen molar-refractivity contribution in [2.75, 3.05) is 0 Å². The van der Waals surface area contributed by atoms with Gasteiger partial charge in [0.05, 0.1) is 18.2 Å². The molecule has 1 atom stereocenters. The molecule has 4 rings (SSSR count). The second kappa shape index (κ2) is 8.47. The van der Waals surface area contributed by atoms with Crippen LogP contribution in [0.3, 0.4) is 0 Å². The summed E-state index contributed by atoms with van der Waals surface area (Å²) >= 11 is 3.40. The number of nitrogens with zero attached hydrogens (tertiary/aromatic N) is 2. The largest absolute Gasteiger partial charge is 0.481 e. The Bertz CT molecular complexity index is 1260. The molecule has 2 N–H and O–H groups in total. The molecule has 2 heterocycles. The number of carboxylic acid groups (broad SMARTS) is 1. The number of carbonyl (C=O) groups excluding carboxylic acids is 1. The Morgan fingerprint density at radius 3 is 2.61 bits per heavy atom. The molecule has 1 aliphatic rings. The number of halogens is 1. The molecule has 0 saturated carbocycles. The molecule has 8 heteroatoms. The number of amides is 1. The lowest BCUT2D eigenvalue weighted by Crippen LogP contribution is -2.31. The lowest BCUT2D eigenvalue weighted by Gasteiger charge is -2.21. The third-order valence-electron chi connectivity index (χ3n) is 5.29. The molecule has 0 radical (unpaired) electrons. The van der Waals surface area contributed by atoms with Gasteiger partial charge in [-0.05, 0) is 47.7 Å². The zero-order chi connectivity index (χ0) is 22.1. The fourth-order valence-corrected chi connectivity index (χ4v) is 3.97. The average Bonchev–Trinajstić information content (AvgIpc) is 3.17. The first-order chi connectivity index (χ1) is 14.8. The van der Waals surface area contributed by atoms with E-state index in [1.165, 1.54) is 5.01 Å². The van der Waals surface area contributed by atoms with Gasteiger partial charge in [0, 0.05) is 28.4 Å². The Kier molecular flexibility index (Phi) is 5.73. The highest BCUT2D eigenvalue weighted by molar-refractivity contribution is 9.10. The summed E-state index contributed by atoms with van der Waals surface area (Å²) in [7, 11) is 0. The summed E-state index contributed by atoms with van der Waals surface area (Å²) < 4.78 is 0.919. The van der Waals surface area contributed by atoms with E-state index in [4.69, 9.17) is 5.11 Å². The van der Waals surface area contributed by atoms with Gasteiger partial charge in [0.2, 0.25) is 5.91 Å². The van der Waals surface area contributed by atoms with Crippen LogP contribution in [-0.4, -0.2) is 32.7 Å². The van der Waals surface area contributed by atoms with Gasteiger partial charge in [0.15, 0.2) is 0 Å². The number of aliphatic carboxylic acids is 1. The van der Waals surface area contributed by atoms with Crippen molar-refractivity contribution in [1.82, 2.24) is 9.99 Å². The van der Waals surface area contributed by atoms with Gasteiger partial charge in [-0.25, -0.2) is 5.01 Å². The van der Waals surface area contributed by atoms with Crippen LogP contribution in [0.4, 0.5) is 0 Å². The first-order valence-corrected chi connectivity index (χ1v) is 10.6. The van der Waals surface area contributed by atoms with Crippen molar-refractivity contribution in [3.63, 3.8) is 0 Å². The predicted octanol–water partition coefficient (Wildman–Crippen LogP) is 4.14. The molecule has 0 aliphatic carbocycles. The topological polar surface area (TPSA) is 103 Å². The van der Waals surface area contributed by atoms with Gasteiger partial charge in [0.1, 0.15) is 0 Å². The van der Waals surface area contributed by atoms with Crippen LogP contribution in [0.15, 0.2) is 62.9 Å². The van der Waals surface area contributed by atoms with Crippen LogP contribution >= 0.6 is 15.9 Å². The van der Waals surface area contributed by atoms with Crippen molar-refractivity contribution < 1.29 is 14.7 Å². The lowest BCUT2D eigenvalue weighted by atomic mass is 9.98. The maximum atomic E-state index is 12.9. The number of benzene rings is 2. The second-order valence-corrected chi connectivity index (χ2v) is 8.47. The smallest absolute Gasteiger partial charge is 0.303 e. The summed E-state index contributed by atoms with van der Waals surface area (Å²) in [5.41, 5.74) is 3.41. The zero-order valence-corrected chi connectivity index (χ0v) is 18.3. The number of H-pyrrole nitrogens is 1. The standard InChI is InChI=1S/C23H20BrN3O4/c1-13-2-3-15-11-17(23(31)25-18(15)10-13)20-12-19(14-4-6-16(24)7-5-14)26-27(20)21(28)8-9-22(29)30/h2-7,10-11,20H,8-9,12H2,1H3,(H,25,31)(H,29,30)/t20-/m1/s1. The first-order valence-electron chi connectivity index (χ1n) is 9.82. The van der Waals surface area contributed by atoms with Gasteiger partial charge in [-0.2, -0.15) is 5.10 Å². The Labute approximate surface area is 186 Å². The van der Waals surface area contributed by atoms with Crippen molar-refractivity contribution in [3.05, 3.63) is 80.0 Å². The molecule has 3 aromatic rings. The molecule has 1 amide bonds. The highest BCUT2D eigenvalue weighted by atomic mass is 79.9.